The Morgan fingerprint density at radius 1 is 1.40 bits per heavy atom. The maximum absolute atomic E-state index is 12.3. The number of hydrogen-bond donors (Lipinski definition) is 2. The van der Waals surface area contributed by atoms with Gasteiger partial charge >= 0.3 is 0 Å². The first-order chi connectivity index (χ1) is 9.51. The molecule has 4 heteroatoms. The van der Waals surface area contributed by atoms with E-state index in [4.69, 9.17) is 0 Å². The molecule has 1 amide bonds. The molecular formula is C16H25N3O. The summed E-state index contributed by atoms with van der Waals surface area (Å²) in [6.45, 7) is 6.31. The molecule has 0 aromatic heterocycles. The van der Waals surface area contributed by atoms with E-state index in [1.165, 1.54) is 0 Å². The lowest BCUT2D eigenvalue weighted by Crippen LogP contribution is -2.48. The van der Waals surface area contributed by atoms with Crippen molar-refractivity contribution >= 4 is 11.6 Å². The summed E-state index contributed by atoms with van der Waals surface area (Å²) < 4.78 is 0. The van der Waals surface area contributed by atoms with E-state index < -0.39 is 0 Å². The Balaban J connectivity index is 2.03. The number of carbonyl (C=O) groups excluding carboxylic acids is 1. The predicted octanol–water partition coefficient (Wildman–Crippen LogP) is 2.11. The van der Waals surface area contributed by atoms with E-state index in [9.17, 15) is 4.79 Å². The standard InChI is InChI=1S/C16H25N3O/c1-11-9-13(5-6-14(11)17-3)16(20)18-15-7-8-19(4)10-12(15)2/h5-6,9,12,15,17H,7-8,10H2,1-4H3,(H,18,20). The van der Waals surface area contributed by atoms with Crippen LogP contribution in [0.15, 0.2) is 18.2 Å². The molecule has 20 heavy (non-hydrogen) atoms. The number of rotatable bonds is 3. The van der Waals surface area contributed by atoms with Crippen LogP contribution in [0.2, 0.25) is 0 Å². The molecule has 2 rings (SSSR count). The van der Waals surface area contributed by atoms with E-state index >= 15 is 0 Å². The van der Waals surface area contributed by atoms with Crippen molar-refractivity contribution < 1.29 is 4.79 Å². The number of hydrogen-bond acceptors (Lipinski definition) is 3. The summed E-state index contributed by atoms with van der Waals surface area (Å²) in [6, 6.07) is 6.07. The highest BCUT2D eigenvalue weighted by Crippen LogP contribution is 2.18. The molecule has 2 unspecified atom stereocenters. The molecule has 1 heterocycles. The molecule has 1 aromatic carbocycles. The minimum Gasteiger partial charge on any atom is -0.388 e. The number of likely N-dealkylation sites (tertiary alicyclic amines) is 1. The molecule has 4 nitrogen and oxygen atoms in total. The Labute approximate surface area is 121 Å². The molecule has 2 N–H and O–H groups in total. The highest BCUT2D eigenvalue weighted by atomic mass is 16.1. The van der Waals surface area contributed by atoms with Crippen molar-refractivity contribution in [2.24, 2.45) is 5.92 Å². The van der Waals surface area contributed by atoms with E-state index in [0.29, 0.717) is 5.92 Å². The van der Waals surface area contributed by atoms with Crippen molar-refractivity contribution in [3.8, 4) is 0 Å². The molecule has 0 bridgehead atoms. The fraction of sp³-hybridized carbons (Fsp3) is 0.562. The molecule has 1 aliphatic rings. The van der Waals surface area contributed by atoms with Gasteiger partial charge in [0.25, 0.3) is 5.91 Å². The van der Waals surface area contributed by atoms with Gasteiger partial charge in [-0.1, -0.05) is 6.92 Å². The lowest BCUT2D eigenvalue weighted by molar-refractivity contribution is 0.0884. The smallest absolute Gasteiger partial charge is 0.251 e. The number of piperidine rings is 1. The Hall–Kier alpha value is -1.55. The Bertz CT molecular complexity index is 487. The molecule has 1 fully saturated rings. The van der Waals surface area contributed by atoms with Crippen molar-refractivity contribution in [1.29, 1.82) is 0 Å². The number of anilines is 1. The molecule has 110 valence electrons. The summed E-state index contributed by atoms with van der Waals surface area (Å²) in [5.74, 6) is 0.535. The van der Waals surface area contributed by atoms with Crippen LogP contribution in [0.1, 0.15) is 29.3 Å². The van der Waals surface area contributed by atoms with Crippen molar-refractivity contribution in [2.75, 3.05) is 32.5 Å². The van der Waals surface area contributed by atoms with Crippen LogP contribution in [0, 0.1) is 12.8 Å². The zero-order chi connectivity index (χ0) is 14.7. The second kappa shape index (κ2) is 6.27. The molecule has 0 aliphatic carbocycles. The van der Waals surface area contributed by atoms with Crippen molar-refractivity contribution in [2.45, 2.75) is 26.3 Å². The number of aryl methyl sites for hydroxylation is 1. The average Bonchev–Trinajstić information content (AvgIpc) is 2.41. The number of amides is 1. The van der Waals surface area contributed by atoms with E-state index in [-0.39, 0.29) is 11.9 Å². The normalized spacial score (nSPS) is 23.4. The minimum atomic E-state index is 0.0390. The molecular weight excluding hydrogens is 250 g/mol. The van der Waals surface area contributed by atoms with Crippen LogP contribution in [0.25, 0.3) is 0 Å². The topological polar surface area (TPSA) is 44.4 Å². The van der Waals surface area contributed by atoms with Gasteiger partial charge in [-0.3, -0.25) is 4.79 Å². The summed E-state index contributed by atoms with van der Waals surface area (Å²) >= 11 is 0. The van der Waals surface area contributed by atoms with Gasteiger partial charge < -0.3 is 15.5 Å². The lowest BCUT2D eigenvalue weighted by atomic mass is 9.94. The van der Waals surface area contributed by atoms with Crippen LogP contribution >= 0.6 is 0 Å². The van der Waals surface area contributed by atoms with Crippen molar-refractivity contribution in [3.05, 3.63) is 29.3 Å². The maximum atomic E-state index is 12.3. The number of carbonyl (C=O) groups is 1. The second-order valence-corrected chi connectivity index (χ2v) is 5.89. The van der Waals surface area contributed by atoms with Crippen LogP contribution < -0.4 is 10.6 Å². The van der Waals surface area contributed by atoms with Crippen LogP contribution in [0.4, 0.5) is 5.69 Å². The van der Waals surface area contributed by atoms with Gasteiger partial charge in [0.15, 0.2) is 0 Å². The van der Waals surface area contributed by atoms with Crippen LogP contribution in [-0.2, 0) is 0 Å². The van der Waals surface area contributed by atoms with E-state index in [0.717, 1.165) is 36.3 Å². The SMILES string of the molecule is CNc1ccc(C(=O)NC2CCN(C)CC2C)cc1C. The van der Waals surface area contributed by atoms with E-state index in [1.807, 2.05) is 32.2 Å². The largest absolute Gasteiger partial charge is 0.388 e. The first-order valence-corrected chi connectivity index (χ1v) is 7.29. The van der Waals surface area contributed by atoms with E-state index in [2.05, 4.69) is 29.5 Å². The molecule has 0 radical (unpaired) electrons. The summed E-state index contributed by atoms with van der Waals surface area (Å²) in [5.41, 5.74) is 2.90. The second-order valence-electron chi connectivity index (χ2n) is 5.89. The van der Waals surface area contributed by atoms with Gasteiger partial charge in [-0.25, -0.2) is 0 Å². The first kappa shape index (κ1) is 14.9. The maximum Gasteiger partial charge on any atom is 0.251 e. The number of benzene rings is 1. The highest BCUT2D eigenvalue weighted by molar-refractivity contribution is 5.95. The van der Waals surface area contributed by atoms with Crippen molar-refractivity contribution in [3.63, 3.8) is 0 Å². The fourth-order valence-corrected chi connectivity index (χ4v) is 2.91. The van der Waals surface area contributed by atoms with Gasteiger partial charge in [0.2, 0.25) is 0 Å². The summed E-state index contributed by atoms with van der Waals surface area (Å²) in [5, 5.41) is 6.30. The van der Waals surface area contributed by atoms with Gasteiger partial charge in [0.05, 0.1) is 0 Å². The zero-order valence-corrected chi connectivity index (χ0v) is 12.9. The molecule has 0 spiro atoms. The van der Waals surface area contributed by atoms with Gasteiger partial charge in [-0.15, -0.1) is 0 Å². The van der Waals surface area contributed by atoms with E-state index in [1.54, 1.807) is 0 Å². The van der Waals surface area contributed by atoms with Gasteiger partial charge in [0.1, 0.15) is 0 Å². The minimum absolute atomic E-state index is 0.0390. The predicted molar refractivity (Wildman–Crippen MR) is 83.3 cm³/mol. The van der Waals surface area contributed by atoms with Crippen LogP contribution in [0.5, 0.6) is 0 Å². The third-order valence-corrected chi connectivity index (χ3v) is 4.18. The highest BCUT2D eigenvalue weighted by Gasteiger charge is 2.25. The van der Waals surface area contributed by atoms with Crippen LogP contribution in [-0.4, -0.2) is 44.0 Å². The molecule has 1 aromatic rings. The quantitative estimate of drug-likeness (QED) is 0.888. The lowest BCUT2D eigenvalue weighted by Gasteiger charge is -2.35. The first-order valence-electron chi connectivity index (χ1n) is 7.29. The Morgan fingerprint density at radius 2 is 2.15 bits per heavy atom. The van der Waals surface area contributed by atoms with Gasteiger partial charge in [0, 0.05) is 30.9 Å². The monoisotopic (exact) mass is 275 g/mol. The summed E-state index contributed by atoms with van der Waals surface area (Å²) in [6.07, 6.45) is 1.02. The summed E-state index contributed by atoms with van der Waals surface area (Å²) in [4.78, 5) is 14.7. The molecule has 2 atom stereocenters. The summed E-state index contributed by atoms with van der Waals surface area (Å²) in [7, 11) is 4.02. The van der Waals surface area contributed by atoms with Crippen molar-refractivity contribution in [1.82, 2.24) is 10.2 Å². The van der Waals surface area contributed by atoms with Crippen LogP contribution in [0.3, 0.4) is 0 Å². The molecule has 1 aliphatic heterocycles. The Morgan fingerprint density at radius 3 is 2.75 bits per heavy atom. The number of nitrogens with zero attached hydrogens (tertiary/aromatic N) is 1. The number of nitrogens with one attached hydrogen (secondary N) is 2. The Kier molecular flexibility index (Phi) is 4.65. The fourth-order valence-electron chi connectivity index (χ4n) is 2.91. The third-order valence-electron chi connectivity index (χ3n) is 4.18. The molecule has 0 saturated carbocycles. The van der Waals surface area contributed by atoms with Gasteiger partial charge in [-0.05, 0) is 56.6 Å². The zero-order valence-electron chi connectivity index (χ0n) is 12.9. The molecule has 1 saturated heterocycles. The van der Waals surface area contributed by atoms with Gasteiger partial charge in [-0.2, -0.15) is 0 Å². The average molecular weight is 275 g/mol. The third kappa shape index (κ3) is 3.31.